The largest absolute Gasteiger partial charge is 0.462 e. The van der Waals surface area contributed by atoms with Crippen LogP contribution in [0.4, 0.5) is 0 Å². The summed E-state index contributed by atoms with van der Waals surface area (Å²) in [6, 6.07) is 0. The Balaban J connectivity index is 4.38. The molecule has 1 unspecified atom stereocenters. The molecule has 0 saturated heterocycles. The van der Waals surface area contributed by atoms with Crippen LogP contribution in [-0.4, -0.2) is 37.2 Å². The van der Waals surface area contributed by atoms with Crippen molar-refractivity contribution in [2.75, 3.05) is 13.2 Å². The van der Waals surface area contributed by atoms with E-state index in [-0.39, 0.29) is 31.1 Å². The SMILES string of the molecule is CCCCC/C=C\CCCCCCCC(=O)OC(COC(=O)CCCCC/C=C\C=C/CCCCCCCCC)COC(=O)CCCCCCCCCCC. The number of rotatable bonds is 42. The minimum absolute atomic E-state index is 0.0823. The monoisotopic (exact) mass is 773 g/mol. The zero-order chi connectivity index (χ0) is 40.1. The summed E-state index contributed by atoms with van der Waals surface area (Å²) in [5.41, 5.74) is 0. The third-order valence-electron chi connectivity index (χ3n) is 10.1. The van der Waals surface area contributed by atoms with Crippen LogP contribution in [0, 0.1) is 0 Å². The van der Waals surface area contributed by atoms with Gasteiger partial charge in [-0.15, -0.1) is 0 Å². The molecule has 0 aromatic rings. The van der Waals surface area contributed by atoms with E-state index in [1.54, 1.807) is 0 Å². The van der Waals surface area contributed by atoms with Crippen molar-refractivity contribution in [1.82, 2.24) is 0 Å². The van der Waals surface area contributed by atoms with Crippen LogP contribution >= 0.6 is 0 Å². The second-order valence-corrected chi connectivity index (χ2v) is 15.7. The Labute approximate surface area is 340 Å². The third kappa shape index (κ3) is 42.6. The first kappa shape index (κ1) is 52.6. The lowest BCUT2D eigenvalue weighted by molar-refractivity contribution is -0.167. The molecule has 0 aromatic carbocycles. The number of carbonyl (C=O) groups is 3. The first-order valence-electron chi connectivity index (χ1n) is 23.5. The molecule has 0 saturated carbocycles. The van der Waals surface area contributed by atoms with E-state index < -0.39 is 6.10 Å². The van der Waals surface area contributed by atoms with Crippen molar-refractivity contribution in [3.63, 3.8) is 0 Å². The van der Waals surface area contributed by atoms with Gasteiger partial charge in [-0.1, -0.05) is 186 Å². The zero-order valence-corrected chi connectivity index (χ0v) is 36.4. The van der Waals surface area contributed by atoms with E-state index in [4.69, 9.17) is 14.2 Å². The summed E-state index contributed by atoms with van der Waals surface area (Å²) in [6.45, 7) is 6.56. The molecule has 0 N–H and O–H groups in total. The highest BCUT2D eigenvalue weighted by Gasteiger charge is 2.19. The molecule has 0 rings (SSSR count). The standard InChI is InChI=1S/C49H88O6/c1-4-7-10-13-16-19-21-23-24-25-26-28-30-33-36-39-42-48(51)54-45-46(44-53-47(50)41-38-35-32-29-18-15-12-9-6-3)55-49(52)43-40-37-34-31-27-22-20-17-14-11-8-5-2/h17,20,24-26,28,46H,4-16,18-19,21-23,27,29-45H2,1-3H3/b20-17-,25-24-,28-26-. The Hall–Kier alpha value is -2.37. The van der Waals surface area contributed by atoms with Crippen LogP contribution in [0.2, 0.25) is 0 Å². The topological polar surface area (TPSA) is 78.9 Å². The highest BCUT2D eigenvalue weighted by molar-refractivity contribution is 5.71. The molecule has 55 heavy (non-hydrogen) atoms. The Kier molecular flexibility index (Phi) is 42.4. The predicted octanol–water partition coefficient (Wildman–Crippen LogP) is 15.0. The molecule has 0 amide bonds. The fourth-order valence-corrected chi connectivity index (χ4v) is 6.54. The van der Waals surface area contributed by atoms with Gasteiger partial charge in [0.2, 0.25) is 0 Å². The summed E-state index contributed by atoms with van der Waals surface area (Å²) >= 11 is 0. The lowest BCUT2D eigenvalue weighted by atomic mass is 10.1. The molecule has 0 aromatic heterocycles. The van der Waals surface area contributed by atoms with Crippen LogP contribution in [0.25, 0.3) is 0 Å². The highest BCUT2D eigenvalue weighted by Crippen LogP contribution is 2.14. The molecule has 0 spiro atoms. The number of hydrogen-bond acceptors (Lipinski definition) is 6. The lowest BCUT2D eigenvalue weighted by Crippen LogP contribution is -2.30. The molecule has 1 atom stereocenters. The fourth-order valence-electron chi connectivity index (χ4n) is 6.54. The van der Waals surface area contributed by atoms with Gasteiger partial charge in [-0.25, -0.2) is 0 Å². The van der Waals surface area contributed by atoms with Gasteiger partial charge in [-0.2, -0.15) is 0 Å². The van der Waals surface area contributed by atoms with Gasteiger partial charge in [0.1, 0.15) is 13.2 Å². The van der Waals surface area contributed by atoms with Crippen LogP contribution in [0.5, 0.6) is 0 Å². The average Bonchev–Trinajstić information content (AvgIpc) is 3.18. The van der Waals surface area contributed by atoms with Gasteiger partial charge >= 0.3 is 17.9 Å². The first-order chi connectivity index (χ1) is 27.0. The van der Waals surface area contributed by atoms with Gasteiger partial charge < -0.3 is 14.2 Å². The molecule has 0 bridgehead atoms. The fraction of sp³-hybridized carbons (Fsp3) is 0.816. The van der Waals surface area contributed by atoms with E-state index in [0.717, 1.165) is 83.5 Å². The quantitative estimate of drug-likeness (QED) is 0.0202. The highest BCUT2D eigenvalue weighted by atomic mass is 16.6. The molecule has 0 heterocycles. The maximum atomic E-state index is 12.7. The maximum Gasteiger partial charge on any atom is 0.306 e. The number of unbranched alkanes of at least 4 members (excludes halogenated alkanes) is 26. The summed E-state index contributed by atoms with van der Waals surface area (Å²) in [5, 5.41) is 0. The molecular weight excluding hydrogens is 685 g/mol. The van der Waals surface area contributed by atoms with E-state index in [0.29, 0.717) is 19.3 Å². The Morgan fingerprint density at radius 2 is 0.655 bits per heavy atom. The second-order valence-electron chi connectivity index (χ2n) is 15.7. The molecule has 6 nitrogen and oxygen atoms in total. The van der Waals surface area contributed by atoms with Gasteiger partial charge in [0.25, 0.3) is 0 Å². The summed E-state index contributed by atoms with van der Waals surface area (Å²) in [4.78, 5) is 37.7. The van der Waals surface area contributed by atoms with Gasteiger partial charge in [-0.05, 0) is 70.6 Å². The van der Waals surface area contributed by atoms with Crippen molar-refractivity contribution >= 4 is 17.9 Å². The smallest absolute Gasteiger partial charge is 0.306 e. The van der Waals surface area contributed by atoms with Crippen LogP contribution in [0.3, 0.4) is 0 Å². The Bertz CT molecular complexity index is 938. The third-order valence-corrected chi connectivity index (χ3v) is 10.1. The molecule has 0 aliphatic rings. The van der Waals surface area contributed by atoms with Gasteiger partial charge in [0.05, 0.1) is 0 Å². The predicted molar refractivity (Wildman–Crippen MR) is 233 cm³/mol. The summed E-state index contributed by atoms with van der Waals surface area (Å²) < 4.78 is 16.7. The van der Waals surface area contributed by atoms with Gasteiger partial charge in [-0.3, -0.25) is 14.4 Å². The van der Waals surface area contributed by atoms with Gasteiger partial charge in [0, 0.05) is 19.3 Å². The normalized spacial score (nSPS) is 12.3. The number of hydrogen-bond donors (Lipinski definition) is 0. The molecule has 0 aliphatic carbocycles. The number of ether oxygens (including phenoxy) is 3. The van der Waals surface area contributed by atoms with Crippen molar-refractivity contribution in [2.24, 2.45) is 0 Å². The number of allylic oxidation sites excluding steroid dienone is 6. The lowest BCUT2D eigenvalue weighted by Gasteiger charge is -2.18. The maximum absolute atomic E-state index is 12.7. The Morgan fingerprint density at radius 1 is 0.364 bits per heavy atom. The molecule has 6 heteroatoms. The van der Waals surface area contributed by atoms with Crippen LogP contribution in [0.1, 0.15) is 239 Å². The average molecular weight is 773 g/mol. The number of esters is 3. The zero-order valence-electron chi connectivity index (χ0n) is 36.4. The van der Waals surface area contributed by atoms with Crippen molar-refractivity contribution in [3.8, 4) is 0 Å². The van der Waals surface area contributed by atoms with Crippen LogP contribution in [0.15, 0.2) is 36.5 Å². The summed E-state index contributed by atoms with van der Waals surface area (Å²) in [5.74, 6) is -0.919. The molecule has 0 aliphatic heterocycles. The molecule has 320 valence electrons. The minimum atomic E-state index is -0.781. The van der Waals surface area contributed by atoms with E-state index >= 15 is 0 Å². The van der Waals surface area contributed by atoms with Crippen LogP contribution < -0.4 is 0 Å². The van der Waals surface area contributed by atoms with Gasteiger partial charge in [0.15, 0.2) is 6.10 Å². The Morgan fingerprint density at radius 3 is 1.07 bits per heavy atom. The molecule has 0 radical (unpaired) electrons. The number of carbonyl (C=O) groups excluding carboxylic acids is 3. The van der Waals surface area contributed by atoms with E-state index in [9.17, 15) is 14.4 Å². The van der Waals surface area contributed by atoms with Crippen molar-refractivity contribution in [1.29, 1.82) is 0 Å². The molecule has 0 fully saturated rings. The minimum Gasteiger partial charge on any atom is -0.462 e. The summed E-state index contributed by atoms with van der Waals surface area (Å²) in [7, 11) is 0. The summed E-state index contributed by atoms with van der Waals surface area (Å²) in [6.07, 6.45) is 49.8. The van der Waals surface area contributed by atoms with E-state index in [1.807, 2.05) is 0 Å². The van der Waals surface area contributed by atoms with Crippen molar-refractivity contribution < 1.29 is 28.6 Å². The van der Waals surface area contributed by atoms with Crippen molar-refractivity contribution in [3.05, 3.63) is 36.5 Å². The van der Waals surface area contributed by atoms with E-state index in [1.165, 1.54) is 116 Å². The van der Waals surface area contributed by atoms with Crippen LogP contribution in [-0.2, 0) is 28.6 Å². The van der Waals surface area contributed by atoms with E-state index in [2.05, 4.69) is 57.2 Å². The van der Waals surface area contributed by atoms with Crippen molar-refractivity contribution in [2.45, 2.75) is 245 Å². The first-order valence-corrected chi connectivity index (χ1v) is 23.5. The molecular formula is C49H88O6. The second kappa shape index (κ2) is 44.3.